The standard InChI is InChI=1S/C19H18N2O4/c1-13(22)15-8-9-16-17(10-15)25-19(24)21(16)12-18(23)20(2)11-14-6-4-3-5-7-14/h3-10H,11-12H2,1-2H3. The molecule has 0 aliphatic rings. The van der Waals surface area contributed by atoms with Crippen molar-refractivity contribution in [2.45, 2.75) is 20.0 Å². The van der Waals surface area contributed by atoms with Crippen molar-refractivity contribution in [2.75, 3.05) is 7.05 Å². The molecule has 3 aromatic rings. The van der Waals surface area contributed by atoms with E-state index in [1.54, 1.807) is 24.1 Å². The molecule has 1 amide bonds. The first-order valence-corrected chi connectivity index (χ1v) is 7.88. The Bertz CT molecular complexity index is 986. The van der Waals surface area contributed by atoms with Crippen LogP contribution in [0.5, 0.6) is 0 Å². The number of nitrogens with zero attached hydrogens (tertiary/aromatic N) is 2. The lowest BCUT2D eigenvalue weighted by Gasteiger charge is -2.17. The first-order valence-electron chi connectivity index (χ1n) is 7.88. The number of hydrogen-bond acceptors (Lipinski definition) is 4. The molecule has 128 valence electrons. The number of likely N-dealkylation sites (N-methyl/N-ethyl adjacent to an activating group) is 1. The van der Waals surface area contributed by atoms with Crippen LogP contribution in [0.4, 0.5) is 0 Å². The Balaban J connectivity index is 1.82. The fourth-order valence-electron chi connectivity index (χ4n) is 2.64. The van der Waals surface area contributed by atoms with Gasteiger partial charge in [0.25, 0.3) is 0 Å². The van der Waals surface area contributed by atoms with Gasteiger partial charge in [0.2, 0.25) is 5.91 Å². The smallest absolute Gasteiger partial charge is 0.408 e. The average molecular weight is 338 g/mol. The topological polar surface area (TPSA) is 72.5 Å². The maximum Gasteiger partial charge on any atom is 0.420 e. The van der Waals surface area contributed by atoms with Crippen molar-refractivity contribution in [2.24, 2.45) is 0 Å². The van der Waals surface area contributed by atoms with Crippen molar-refractivity contribution in [1.82, 2.24) is 9.47 Å². The van der Waals surface area contributed by atoms with Gasteiger partial charge < -0.3 is 9.32 Å². The minimum atomic E-state index is -0.614. The molecule has 0 radical (unpaired) electrons. The van der Waals surface area contributed by atoms with Gasteiger partial charge in [0.15, 0.2) is 11.4 Å². The lowest BCUT2D eigenvalue weighted by Crippen LogP contribution is -2.32. The molecule has 6 heteroatoms. The highest BCUT2D eigenvalue weighted by atomic mass is 16.4. The number of benzene rings is 2. The van der Waals surface area contributed by atoms with Crippen LogP contribution in [0.15, 0.2) is 57.7 Å². The van der Waals surface area contributed by atoms with Crippen LogP contribution in [-0.4, -0.2) is 28.2 Å². The van der Waals surface area contributed by atoms with Crippen LogP contribution < -0.4 is 5.76 Å². The minimum Gasteiger partial charge on any atom is -0.408 e. The summed E-state index contributed by atoms with van der Waals surface area (Å²) >= 11 is 0. The summed E-state index contributed by atoms with van der Waals surface area (Å²) in [5.74, 6) is -0.933. The lowest BCUT2D eigenvalue weighted by atomic mass is 10.1. The number of oxazole rings is 1. The highest BCUT2D eigenvalue weighted by Crippen LogP contribution is 2.16. The number of aromatic nitrogens is 1. The van der Waals surface area contributed by atoms with Crippen molar-refractivity contribution in [3.63, 3.8) is 0 Å². The van der Waals surface area contributed by atoms with Gasteiger partial charge in [0, 0.05) is 19.2 Å². The molecule has 0 saturated carbocycles. The molecule has 0 N–H and O–H groups in total. The predicted octanol–water partition coefficient (Wildman–Crippen LogP) is 2.46. The number of ketones is 1. The Labute approximate surface area is 144 Å². The van der Waals surface area contributed by atoms with Gasteiger partial charge in [-0.2, -0.15) is 0 Å². The monoisotopic (exact) mass is 338 g/mol. The van der Waals surface area contributed by atoms with Crippen molar-refractivity contribution in [3.05, 3.63) is 70.2 Å². The maximum atomic E-state index is 12.5. The summed E-state index contributed by atoms with van der Waals surface area (Å²) in [6.45, 7) is 1.78. The Morgan fingerprint density at radius 2 is 1.84 bits per heavy atom. The highest BCUT2D eigenvalue weighted by Gasteiger charge is 2.16. The quantitative estimate of drug-likeness (QED) is 0.670. The molecule has 6 nitrogen and oxygen atoms in total. The van der Waals surface area contributed by atoms with Gasteiger partial charge in [0.05, 0.1) is 5.52 Å². The molecule has 1 aromatic heterocycles. The predicted molar refractivity (Wildman–Crippen MR) is 93.4 cm³/mol. The molecule has 0 saturated heterocycles. The molecule has 0 spiro atoms. The Morgan fingerprint density at radius 3 is 2.52 bits per heavy atom. The third kappa shape index (κ3) is 3.52. The third-order valence-electron chi connectivity index (χ3n) is 4.06. The molecular weight excluding hydrogens is 320 g/mol. The number of rotatable bonds is 5. The van der Waals surface area contributed by atoms with Gasteiger partial charge >= 0.3 is 5.76 Å². The van der Waals surface area contributed by atoms with Gasteiger partial charge in [-0.1, -0.05) is 30.3 Å². The van der Waals surface area contributed by atoms with E-state index in [-0.39, 0.29) is 18.2 Å². The second-order valence-electron chi connectivity index (χ2n) is 5.93. The Kier molecular flexibility index (Phi) is 4.52. The molecule has 25 heavy (non-hydrogen) atoms. The van der Waals surface area contributed by atoms with Crippen LogP contribution in [0.25, 0.3) is 11.1 Å². The molecule has 0 unspecified atom stereocenters. The van der Waals surface area contributed by atoms with E-state index < -0.39 is 5.76 Å². The molecule has 0 fully saturated rings. The summed E-state index contributed by atoms with van der Waals surface area (Å²) < 4.78 is 6.45. The molecule has 1 heterocycles. The van der Waals surface area contributed by atoms with Gasteiger partial charge in [-0.3, -0.25) is 14.2 Å². The van der Waals surface area contributed by atoms with E-state index in [0.29, 0.717) is 23.2 Å². The van der Waals surface area contributed by atoms with E-state index in [4.69, 9.17) is 4.42 Å². The number of carbonyl (C=O) groups is 2. The number of fused-ring (bicyclic) bond motifs is 1. The SMILES string of the molecule is CC(=O)c1ccc2c(c1)oc(=O)n2CC(=O)N(C)Cc1ccccc1. The highest BCUT2D eigenvalue weighted by molar-refractivity contribution is 5.97. The second kappa shape index (κ2) is 6.76. The first-order chi connectivity index (χ1) is 12.0. The van der Waals surface area contributed by atoms with Crippen LogP contribution in [0, 0.1) is 0 Å². The largest absolute Gasteiger partial charge is 0.420 e. The number of carbonyl (C=O) groups excluding carboxylic acids is 2. The molecule has 0 aliphatic heterocycles. The minimum absolute atomic E-state index is 0.115. The molecule has 0 aliphatic carbocycles. The first kappa shape index (κ1) is 16.7. The van der Waals surface area contributed by atoms with Crippen LogP contribution in [0.2, 0.25) is 0 Å². The summed E-state index contributed by atoms with van der Waals surface area (Å²) in [6, 6.07) is 14.4. The fraction of sp³-hybridized carbons (Fsp3) is 0.211. The van der Waals surface area contributed by atoms with E-state index in [1.165, 1.54) is 17.6 Å². The summed E-state index contributed by atoms with van der Waals surface area (Å²) in [5, 5.41) is 0. The summed E-state index contributed by atoms with van der Waals surface area (Å²) in [7, 11) is 1.69. The Hall–Kier alpha value is -3.15. The summed E-state index contributed by atoms with van der Waals surface area (Å²) in [5.41, 5.74) is 2.27. The van der Waals surface area contributed by atoms with E-state index in [9.17, 15) is 14.4 Å². The summed E-state index contributed by atoms with van der Waals surface area (Å²) in [6.07, 6.45) is 0. The zero-order valence-corrected chi connectivity index (χ0v) is 14.1. The van der Waals surface area contributed by atoms with Crippen molar-refractivity contribution < 1.29 is 14.0 Å². The van der Waals surface area contributed by atoms with Gasteiger partial charge in [-0.05, 0) is 30.7 Å². The Morgan fingerprint density at radius 1 is 1.12 bits per heavy atom. The third-order valence-corrected chi connectivity index (χ3v) is 4.06. The number of hydrogen-bond donors (Lipinski definition) is 0. The van der Waals surface area contributed by atoms with Crippen LogP contribution >= 0.6 is 0 Å². The summed E-state index contributed by atoms with van der Waals surface area (Å²) in [4.78, 5) is 37.5. The molecule has 0 atom stereocenters. The van der Waals surface area contributed by atoms with E-state index in [1.807, 2.05) is 30.3 Å². The lowest BCUT2D eigenvalue weighted by molar-refractivity contribution is -0.131. The second-order valence-corrected chi connectivity index (χ2v) is 5.93. The van der Waals surface area contributed by atoms with Crippen molar-refractivity contribution in [3.8, 4) is 0 Å². The number of Topliss-reactive ketones (excluding diaryl/α,β-unsaturated/α-hetero) is 1. The average Bonchev–Trinajstić information content (AvgIpc) is 2.90. The molecule has 0 bridgehead atoms. The zero-order chi connectivity index (χ0) is 18.0. The zero-order valence-electron chi connectivity index (χ0n) is 14.1. The van der Waals surface area contributed by atoms with Crippen LogP contribution in [0.1, 0.15) is 22.8 Å². The van der Waals surface area contributed by atoms with E-state index >= 15 is 0 Å². The number of amides is 1. The van der Waals surface area contributed by atoms with Gasteiger partial charge in [-0.15, -0.1) is 0 Å². The van der Waals surface area contributed by atoms with E-state index in [2.05, 4.69) is 0 Å². The normalized spacial score (nSPS) is 10.8. The molecule has 3 rings (SSSR count). The van der Waals surface area contributed by atoms with Gasteiger partial charge in [-0.25, -0.2) is 4.79 Å². The van der Waals surface area contributed by atoms with Crippen LogP contribution in [0.3, 0.4) is 0 Å². The van der Waals surface area contributed by atoms with E-state index in [0.717, 1.165) is 5.56 Å². The van der Waals surface area contributed by atoms with Crippen molar-refractivity contribution in [1.29, 1.82) is 0 Å². The molecule has 2 aromatic carbocycles. The fourth-order valence-corrected chi connectivity index (χ4v) is 2.64. The van der Waals surface area contributed by atoms with Crippen molar-refractivity contribution >= 4 is 22.8 Å². The van der Waals surface area contributed by atoms with Crippen LogP contribution in [-0.2, 0) is 17.9 Å². The molecular formula is C19H18N2O4. The van der Waals surface area contributed by atoms with Gasteiger partial charge in [0.1, 0.15) is 6.54 Å². The maximum absolute atomic E-state index is 12.5.